The number of benzene rings is 1. The van der Waals surface area contributed by atoms with Crippen LogP contribution in [0.4, 0.5) is 0 Å². The molecule has 0 aliphatic carbocycles. The average molecular weight is 260 g/mol. The fourth-order valence-corrected chi connectivity index (χ4v) is 2.01. The Morgan fingerprint density at radius 1 is 1.17 bits per heavy atom. The summed E-state index contributed by atoms with van der Waals surface area (Å²) in [6, 6.07) is 9.70. The number of hydrogen-bond donors (Lipinski definition) is 0. The molecule has 1 aromatic carbocycles. The second kappa shape index (κ2) is 4.34. The van der Waals surface area contributed by atoms with E-state index in [4.69, 9.17) is 11.6 Å². The molecule has 18 heavy (non-hydrogen) atoms. The van der Waals surface area contributed by atoms with Gasteiger partial charge in [-0.3, -0.25) is 0 Å². The van der Waals surface area contributed by atoms with Gasteiger partial charge in [-0.2, -0.15) is 9.67 Å². The summed E-state index contributed by atoms with van der Waals surface area (Å²) in [6.45, 7) is 2.00. The van der Waals surface area contributed by atoms with Crippen LogP contribution >= 0.6 is 11.6 Å². The molecule has 0 radical (unpaired) electrons. The van der Waals surface area contributed by atoms with Gasteiger partial charge < -0.3 is 0 Å². The minimum absolute atomic E-state index is 0.221. The van der Waals surface area contributed by atoms with Gasteiger partial charge in [0.15, 0.2) is 11.2 Å². The number of halogens is 1. The monoisotopic (exact) mass is 259 g/mol. The van der Waals surface area contributed by atoms with E-state index in [9.17, 15) is 0 Å². The Kier molecular flexibility index (Phi) is 2.68. The van der Waals surface area contributed by atoms with E-state index in [1.807, 2.05) is 37.3 Å². The summed E-state index contributed by atoms with van der Waals surface area (Å²) in [4.78, 5) is 8.38. The number of para-hydroxylation sites is 1. The lowest BCUT2D eigenvalue weighted by Crippen LogP contribution is -1.99. The highest BCUT2D eigenvalue weighted by molar-refractivity contribution is 6.28. The zero-order valence-corrected chi connectivity index (χ0v) is 10.5. The summed E-state index contributed by atoms with van der Waals surface area (Å²) in [7, 11) is 0. The SMILES string of the molecule is CCc1nc(Cl)nc2c1nnn2-c1ccccc1. The lowest BCUT2D eigenvalue weighted by Gasteiger charge is -2.02. The Hall–Kier alpha value is -2.01. The predicted octanol–water partition coefficient (Wildman–Crippen LogP) is 2.43. The van der Waals surface area contributed by atoms with Crippen molar-refractivity contribution in [2.75, 3.05) is 0 Å². The Bertz CT molecular complexity index is 692. The van der Waals surface area contributed by atoms with Gasteiger partial charge in [0.1, 0.15) is 0 Å². The maximum atomic E-state index is 5.93. The Balaban J connectivity index is 2.30. The lowest BCUT2D eigenvalue weighted by atomic mass is 10.3. The zero-order valence-electron chi connectivity index (χ0n) is 9.71. The molecule has 0 amide bonds. The summed E-state index contributed by atoms with van der Waals surface area (Å²) in [5, 5.41) is 8.48. The number of rotatable bonds is 2. The van der Waals surface area contributed by atoms with Gasteiger partial charge in [-0.15, -0.1) is 5.10 Å². The normalized spacial score (nSPS) is 11.0. The maximum Gasteiger partial charge on any atom is 0.224 e. The van der Waals surface area contributed by atoms with E-state index in [2.05, 4.69) is 20.3 Å². The first-order valence-corrected chi connectivity index (χ1v) is 6.00. The van der Waals surface area contributed by atoms with Crippen molar-refractivity contribution in [3.8, 4) is 5.69 Å². The summed E-state index contributed by atoms with van der Waals surface area (Å²) < 4.78 is 1.67. The molecular formula is C12H10ClN5. The molecular weight excluding hydrogens is 250 g/mol. The van der Waals surface area contributed by atoms with Crippen LogP contribution in [-0.2, 0) is 6.42 Å². The lowest BCUT2D eigenvalue weighted by molar-refractivity contribution is 0.817. The van der Waals surface area contributed by atoms with Crippen LogP contribution in [0.25, 0.3) is 16.9 Å². The molecule has 3 rings (SSSR count). The van der Waals surface area contributed by atoms with Gasteiger partial charge >= 0.3 is 0 Å². The molecule has 0 N–H and O–H groups in total. The summed E-state index contributed by atoms with van der Waals surface area (Å²) in [5.41, 5.74) is 3.05. The molecule has 0 atom stereocenters. The number of hydrogen-bond acceptors (Lipinski definition) is 4. The van der Waals surface area contributed by atoms with E-state index in [0.717, 1.165) is 17.8 Å². The van der Waals surface area contributed by atoms with Crippen molar-refractivity contribution in [3.63, 3.8) is 0 Å². The number of nitrogens with zero attached hydrogens (tertiary/aromatic N) is 5. The molecule has 3 aromatic rings. The van der Waals surface area contributed by atoms with Gasteiger partial charge in [-0.1, -0.05) is 30.3 Å². The number of aryl methyl sites for hydroxylation is 1. The van der Waals surface area contributed by atoms with E-state index in [1.54, 1.807) is 4.68 Å². The zero-order chi connectivity index (χ0) is 12.5. The van der Waals surface area contributed by atoms with E-state index < -0.39 is 0 Å². The largest absolute Gasteiger partial charge is 0.224 e. The van der Waals surface area contributed by atoms with E-state index in [-0.39, 0.29) is 5.28 Å². The van der Waals surface area contributed by atoms with Crippen LogP contribution in [0.5, 0.6) is 0 Å². The van der Waals surface area contributed by atoms with Crippen molar-refractivity contribution in [2.24, 2.45) is 0 Å². The van der Waals surface area contributed by atoms with Crippen LogP contribution in [0, 0.1) is 0 Å². The molecule has 0 spiro atoms. The molecule has 0 saturated carbocycles. The van der Waals surface area contributed by atoms with Crippen LogP contribution < -0.4 is 0 Å². The van der Waals surface area contributed by atoms with Crippen LogP contribution in [0.3, 0.4) is 0 Å². The molecule has 0 unspecified atom stereocenters. The van der Waals surface area contributed by atoms with Gasteiger partial charge in [0.2, 0.25) is 5.28 Å². The minimum atomic E-state index is 0.221. The van der Waals surface area contributed by atoms with Crippen LogP contribution in [0.2, 0.25) is 5.28 Å². The smallest absolute Gasteiger partial charge is 0.221 e. The Labute approximate surface area is 108 Å². The highest BCUT2D eigenvalue weighted by Crippen LogP contribution is 2.18. The highest BCUT2D eigenvalue weighted by Gasteiger charge is 2.13. The predicted molar refractivity (Wildman–Crippen MR) is 68.8 cm³/mol. The van der Waals surface area contributed by atoms with Crippen molar-refractivity contribution in [3.05, 3.63) is 41.3 Å². The third-order valence-electron chi connectivity index (χ3n) is 2.68. The fourth-order valence-electron chi connectivity index (χ4n) is 1.83. The first kappa shape index (κ1) is 11.1. The standard InChI is InChI=1S/C12H10ClN5/c1-2-9-10-11(15-12(13)14-9)18(17-16-10)8-6-4-3-5-7-8/h3-7H,2H2,1H3. The van der Waals surface area contributed by atoms with Gasteiger partial charge in [0.05, 0.1) is 11.4 Å². The molecule has 5 nitrogen and oxygen atoms in total. The Morgan fingerprint density at radius 2 is 1.94 bits per heavy atom. The molecule has 2 heterocycles. The van der Waals surface area contributed by atoms with Crippen LogP contribution in [0.15, 0.2) is 30.3 Å². The first-order chi connectivity index (χ1) is 8.79. The second-order valence-electron chi connectivity index (χ2n) is 3.80. The summed E-state index contributed by atoms with van der Waals surface area (Å²) >= 11 is 5.93. The van der Waals surface area contributed by atoms with Gasteiger partial charge in [0.25, 0.3) is 0 Å². The van der Waals surface area contributed by atoms with Crippen LogP contribution in [-0.4, -0.2) is 25.0 Å². The third-order valence-corrected chi connectivity index (χ3v) is 2.85. The molecule has 0 saturated heterocycles. The van der Waals surface area contributed by atoms with Crippen molar-refractivity contribution in [1.82, 2.24) is 25.0 Å². The maximum absolute atomic E-state index is 5.93. The third kappa shape index (κ3) is 1.73. The molecule has 90 valence electrons. The average Bonchev–Trinajstić information content (AvgIpc) is 2.82. The van der Waals surface area contributed by atoms with Crippen LogP contribution in [0.1, 0.15) is 12.6 Å². The molecule has 0 fully saturated rings. The number of fused-ring (bicyclic) bond motifs is 1. The quantitative estimate of drug-likeness (QED) is 0.663. The number of aromatic nitrogens is 5. The van der Waals surface area contributed by atoms with E-state index in [1.165, 1.54) is 0 Å². The van der Waals surface area contributed by atoms with Crippen molar-refractivity contribution >= 4 is 22.8 Å². The molecule has 0 aliphatic rings. The van der Waals surface area contributed by atoms with Gasteiger partial charge in [-0.25, -0.2) is 4.98 Å². The fraction of sp³-hybridized carbons (Fsp3) is 0.167. The van der Waals surface area contributed by atoms with Gasteiger partial charge in [0, 0.05) is 0 Å². The van der Waals surface area contributed by atoms with Crippen molar-refractivity contribution in [1.29, 1.82) is 0 Å². The summed E-state index contributed by atoms with van der Waals surface area (Å²) in [5.74, 6) is 0. The molecule has 0 bridgehead atoms. The molecule has 2 aromatic heterocycles. The minimum Gasteiger partial charge on any atom is -0.221 e. The Morgan fingerprint density at radius 3 is 2.67 bits per heavy atom. The van der Waals surface area contributed by atoms with E-state index >= 15 is 0 Å². The van der Waals surface area contributed by atoms with Crippen molar-refractivity contribution < 1.29 is 0 Å². The van der Waals surface area contributed by atoms with E-state index in [0.29, 0.717) is 11.2 Å². The topological polar surface area (TPSA) is 56.5 Å². The van der Waals surface area contributed by atoms with Gasteiger partial charge in [-0.05, 0) is 30.2 Å². The molecule has 0 aliphatic heterocycles. The van der Waals surface area contributed by atoms with Crippen molar-refractivity contribution in [2.45, 2.75) is 13.3 Å². The highest BCUT2D eigenvalue weighted by atomic mass is 35.5. The molecule has 6 heteroatoms. The summed E-state index contributed by atoms with van der Waals surface area (Å²) in [6.07, 6.45) is 0.742. The second-order valence-corrected chi connectivity index (χ2v) is 4.14. The first-order valence-electron chi connectivity index (χ1n) is 5.63.